The Morgan fingerprint density at radius 1 is 1.21 bits per heavy atom. The molecule has 1 saturated carbocycles. The highest BCUT2D eigenvalue weighted by Gasteiger charge is 2.30. The van der Waals surface area contributed by atoms with E-state index in [9.17, 15) is 4.79 Å². The van der Waals surface area contributed by atoms with Crippen molar-refractivity contribution in [3.05, 3.63) is 54.0 Å². The number of pyridine rings is 1. The third-order valence-electron chi connectivity index (χ3n) is 5.41. The summed E-state index contributed by atoms with van der Waals surface area (Å²) in [4.78, 5) is 21.8. The van der Waals surface area contributed by atoms with Gasteiger partial charge in [0.15, 0.2) is 17.5 Å². The van der Waals surface area contributed by atoms with Gasteiger partial charge in [-0.05, 0) is 56.4 Å². The highest BCUT2D eigenvalue weighted by atomic mass is 16.5. The van der Waals surface area contributed by atoms with Crippen molar-refractivity contribution in [2.75, 3.05) is 11.9 Å². The first kappa shape index (κ1) is 18.0. The van der Waals surface area contributed by atoms with E-state index in [1.807, 2.05) is 43.3 Å². The number of rotatable bonds is 5. The molecule has 0 spiro atoms. The molecule has 1 aliphatic carbocycles. The summed E-state index contributed by atoms with van der Waals surface area (Å²) in [5.74, 6) is 2.66. The Hall–Kier alpha value is -3.06. The molecule has 7 nitrogen and oxygen atoms in total. The number of nitrogens with one attached hydrogen (secondary N) is 1. The van der Waals surface area contributed by atoms with Crippen LogP contribution in [0.25, 0.3) is 17.2 Å². The van der Waals surface area contributed by atoms with Gasteiger partial charge in [-0.25, -0.2) is 9.97 Å². The average molecular weight is 389 g/mol. The molecule has 2 aliphatic rings. The van der Waals surface area contributed by atoms with Crippen molar-refractivity contribution in [3.63, 3.8) is 0 Å². The molecular weight excluding hydrogens is 366 g/mol. The molecule has 0 radical (unpaired) electrons. The maximum atomic E-state index is 12.5. The predicted octanol–water partition coefficient (Wildman–Crippen LogP) is 3.63. The van der Waals surface area contributed by atoms with Crippen molar-refractivity contribution in [2.24, 2.45) is 0 Å². The van der Waals surface area contributed by atoms with Gasteiger partial charge in [0.05, 0.1) is 0 Å². The first-order valence-electron chi connectivity index (χ1n) is 10.1. The molecule has 1 aliphatic heterocycles. The monoisotopic (exact) mass is 389 g/mol. The molecule has 1 N–H and O–H groups in total. The van der Waals surface area contributed by atoms with Crippen molar-refractivity contribution >= 4 is 11.6 Å². The number of hydrogen-bond acceptors (Lipinski definition) is 5. The van der Waals surface area contributed by atoms with Crippen LogP contribution < -0.4 is 5.32 Å². The van der Waals surface area contributed by atoms with Crippen LogP contribution in [0.3, 0.4) is 0 Å². The van der Waals surface area contributed by atoms with Crippen molar-refractivity contribution < 1.29 is 9.53 Å². The molecular formula is C22H23N5O2. The topological polar surface area (TPSA) is 81.9 Å². The van der Waals surface area contributed by atoms with E-state index in [-0.39, 0.29) is 12.0 Å². The number of amides is 1. The SMILES string of the molecule is Cc1ccc(-c2nc(C3CC3)nn2-c2ccccn2)cc1NC(=O)C1CCCO1. The second kappa shape index (κ2) is 7.40. The lowest BCUT2D eigenvalue weighted by atomic mass is 10.1. The molecule has 3 heterocycles. The van der Waals surface area contributed by atoms with Crippen molar-refractivity contribution in [3.8, 4) is 17.2 Å². The summed E-state index contributed by atoms with van der Waals surface area (Å²) in [5, 5.41) is 7.76. The van der Waals surface area contributed by atoms with E-state index < -0.39 is 0 Å². The molecule has 1 atom stereocenters. The van der Waals surface area contributed by atoms with E-state index in [1.165, 1.54) is 0 Å². The van der Waals surface area contributed by atoms with Crippen LogP contribution >= 0.6 is 0 Å². The van der Waals surface area contributed by atoms with Gasteiger partial charge in [0.25, 0.3) is 5.91 Å². The van der Waals surface area contributed by atoms with E-state index in [2.05, 4.69) is 10.3 Å². The van der Waals surface area contributed by atoms with Gasteiger partial charge < -0.3 is 10.1 Å². The molecule has 1 amide bonds. The minimum Gasteiger partial charge on any atom is -0.368 e. The summed E-state index contributed by atoms with van der Waals surface area (Å²) in [6.45, 7) is 2.63. The summed E-state index contributed by atoms with van der Waals surface area (Å²) in [5.41, 5.74) is 2.65. The first-order chi connectivity index (χ1) is 14.2. The van der Waals surface area contributed by atoms with E-state index in [1.54, 1.807) is 10.9 Å². The molecule has 2 aromatic heterocycles. The third kappa shape index (κ3) is 3.65. The third-order valence-corrected chi connectivity index (χ3v) is 5.41. The standard InChI is InChI=1S/C22H23N5O2/c1-14-7-8-16(13-17(14)24-22(28)18-5-4-12-29-18)21-25-20(15-9-10-15)26-27(21)19-6-2-3-11-23-19/h2-3,6-8,11,13,15,18H,4-5,9-10,12H2,1H3,(H,24,28). The Morgan fingerprint density at radius 3 is 2.83 bits per heavy atom. The van der Waals surface area contributed by atoms with Gasteiger partial charge >= 0.3 is 0 Å². The largest absolute Gasteiger partial charge is 0.368 e. The first-order valence-corrected chi connectivity index (χ1v) is 10.1. The molecule has 3 aromatic rings. The van der Waals surface area contributed by atoms with Crippen LogP contribution in [-0.4, -0.2) is 38.4 Å². The van der Waals surface area contributed by atoms with Crippen LogP contribution in [0.4, 0.5) is 5.69 Å². The quantitative estimate of drug-likeness (QED) is 0.721. The lowest BCUT2D eigenvalue weighted by molar-refractivity contribution is -0.124. The fraction of sp³-hybridized carbons (Fsp3) is 0.364. The summed E-state index contributed by atoms with van der Waals surface area (Å²) in [6.07, 6.45) is 5.33. The van der Waals surface area contributed by atoms with Crippen molar-refractivity contribution in [2.45, 2.75) is 44.6 Å². The molecule has 7 heteroatoms. The van der Waals surface area contributed by atoms with Gasteiger partial charge in [-0.2, -0.15) is 4.68 Å². The molecule has 29 heavy (non-hydrogen) atoms. The number of carbonyl (C=O) groups is 1. The highest BCUT2D eigenvalue weighted by Crippen LogP contribution is 2.39. The maximum Gasteiger partial charge on any atom is 0.253 e. The van der Waals surface area contributed by atoms with Crippen LogP contribution in [0.15, 0.2) is 42.6 Å². The zero-order valence-corrected chi connectivity index (χ0v) is 16.3. The minimum absolute atomic E-state index is 0.0902. The van der Waals surface area contributed by atoms with Gasteiger partial charge in [-0.3, -0.25) is 4.79 Å². The number of anilines is 1. The smallest absolute Gasteiger partial charge is 0.253 e. The van der Waals surface area contributed by atoms with E-state index >= 15 is 0 Å². The van der Waals surface area contributed by atoms with Crippen LogP contribution in [-0.2, 0) is 9.53 Å². The number of nitrogens with zero attached hydrogens (tertiary/aromatic N) is 4. The van der Waals surface area contributed by atoms with Gasteiger partial charge in [0.1, 0.15) is 6.10 Å². The van der Waals surface area contributed by atoms with Crippen LogP contribution in [0.1, 0.15) is 43.0 Å². The number of ether oxygens (including phenoxy) is 1. The van der Waals surface area contributed by atoms with Gasteiger partial charge in [-0.15, -0.1) is 5.10 Å². The number of benzene rings is 1. The molecule has 1 saturated heterocycles. The second-order valence-electron chi connectivity index (χ2n) is 7.69. The number of aryl methyl sites for hydroxylation is 1. The minimum atomic E-state index is -0.364. The molecule has 5 rings (SSSR count). The molecule has 0 bridgehead atoms. The zero-order chi connectivity index (χ0) is 19.8. The summed E-state index contributed by atoms with van der Waals surface area (Å²) in [6, 6.07) is 11.7. The van der Waals surface area contributed by atoms with Crippen molar-refractivity contribution in [1.29, 1.82) is 0 Å². The Morgan fingerprint density at radius 2 is 2.10 bits per heavy atom. The highest BCUT2D eigenvalue weighted by molar-refractivity contribution is 5.95. The normalized spacial score (nSPS) is 18.7. The van der Waals surface area contributed by atoms with Crippen LogP contribution in [0, 0.1) is 6.92 Å². The summed E-state index contributed by atoms with van der Waals surface area (Å²) >= 11 is 0. The number of hydrogen-bond donors (Lipinski definition) is 1. The Balaban J connectivity index is 1.51. The van der Waals surface area contributed by atoms with Gasteiger partial charge in [-0.1, -0.05) is 18.2 Å². The summed E-state index contributed by atoms with van der Waals surface area (Å²) in [7, 11) is 0. The van der Waals surface area contributed by atoms with Crippen LogP contribution in [0.5, 0.6) is 0 Å². The second-order valence-corrected chi connectivity index (χ2v) is 7.69. The fourth-order valence-corrected chi connectivity index (χ4v) is 3.56. The van der Waals surface area contributed by atoms with Gasteiger partial charge in [0, 0.05) is 30.0 Å². The summed E-state index contributed by atoms with van der Waals surface area (Å²) < 4.78 is 7.30. The lowest BCUT2D eigenvalue weighted by Gasteiger charge is -2.14. The van der Waals surface area contributed by atoms with E-state index in [0.29, 0.717) is 12.5 Å². The molecule has 1 aromatic carbocycles. The van der Waals surface area contributed by atoms with Crippen molar-refractivity contribution in [1.82, 2.24) is 19.7 Å². The maximum absolute atomic E-state index is 12.5. The Kier molecular flexibility index (Phi) is 4.60. The molecule has 148 valence electrons. The fourth-order valence-electron chi connectivity index (χ4n) is 3.56. The predicted molar refractivity (Wildman–Crippen MR) is 109 cm³/mol. The number of carbonyl (C=O) groups excluding carboxylic acids is 1. The number of aromatic nitrogens is 4. The Bertz CT molecular complexity index is 1040. The Labute approximate surface area is 169 Å². The molecule has 1 unspecified atom stereocenters. The van der Waals surface area contributed by atoms with E-state index in [4.69, 9.17) is 14.8 Å². The average Bonchev–Trinajstić information content (AvgIpc) is 3.27. The lowest BCUT2D eigenvalue weighted by Crippen LogP contribution is -2.27. The van der Waals surface area contributed by atoms with Crippen LogP contribution in [0.2, 0.25) is 0 Å². The van der Waals surface area contributed by atoms with Gasteiger partial charge in [0.2, 0.25) is 0 Å². The molecule has 2 fully saturated rings. The van der Waals surface area contributed by atoms with E-state index in [0.717, 1.165) is 60.0 Å². The zero-order valence-electron chi connectivity index (χ0n) is 16.3.